The summed E-state index contributed by atoms with van der Waals surface area (Å²) in [4.78, 5) is 24.4. The van der Waals surface area contributed by atoms with Gasteiger partial charge in [0.05, 0.1) is 11.7 Å². The molecule has 2 atom stereocenters. The van der Waals surface area contributed by atoms with Gasteiger partial charge < -0.3 is 14.6 Å². The van der Waals surface area contributed by atoms with Crippen LogP contribution in [-0.4, -0.2) is 52.5 Å². The molecular weight excluding hydrogens is 262 g/mol. The van der Waals surface area contributed by atoms with Crippen molar-refractivity contribution in [3.8, 4) is 0 Å². The van der Waals surface area contributed by atoms with Crippen molar-refractivity contribution in [2.45, 2.75) is 71.8 Å². The highest BCUT2D eigenvalue weighted by Gasteiger charge is 2.36. The topological polar surface area (TPSA) is 76.1 Å². The molecule has 118 valence electrons. The maximum absolute atomic E-state index is 12.0. The zero-order valence-corrected chi connectivity index (χ0v) is 13.7. The fourth-order valence-electron chi connectivity index (χ4n) is 1.75. The molecule has 2 unspecified atom stereocenters. The van der Waals surface area contributed by atoms with Crippen LogP contribution in [0.15, 0.2) is 0 Å². The van der Waals surface area contributed by atoms with Crippen LogP contribution in [0.5, 0.6) is 0 Å². The Morgan fingerprint density at radius 2 is 1.50 bits per heavy atom. The molecule has 6 nitrogen and oxygen atoms in total. The molecule has 0 radical (unpaired) electrons. The third-order valence-corrected chi connectivity index (χ3v) is 2.34. The van der Waals surface area contributed by atoms with E-state index >= 15 is 0 Å². The molecule has 0 aromatic rings. The second-order valence-electron chi connectivity index (χ2n) is 6.81. The number of amides is 1. The van der Waals surface area contributed by atoms with Crippen molar-refractivity contribution < 1.29 is 24.2 Å². The summed E-state index contributed by atoms with van der Waals surface area (Å²) in [6.45, 7) is 12.3. The first-order chi connectivity index (χ1) is 8.74. The summed E-state index contributed by atoms with van der Waals surface area (Å²) in [6, 6.07) is -1.11. The van der Waals surface area contributed by atoms with Crippen LogP contribution in [0.2, 0.25) is 0 Å². The first-order valence-electron chi connectivity index (χ1n) is 6.61. The number of carbonyl (C=O) groups excluding carboxylic acids is 1. The molecule has 0 heterocycles. The summed E-state index contributed by atoms with van der Waals surface area (Å²) in [7, 11) is 1.40. The lowest BCUT2D eigenvalue weighted by Gasteiger charge is -2.34. The van der Waals surface area contributed by atoms with Crippen molar-refractivity contribution in [2.75, 3.05) is 7.05 Å². The summed E-state index contributed by atoms with van der Waals surface area (Å²) >= 11 is 0. The van der Waals surface area contributed by atoms with E-state index in [1.807, 2.05) is 20.8 Å². The van der Waals surface area contributed by atoms with Crippen LogP contribution >= 0.6 is 0 Å². The van der Waals surface area contributed by atoms with Crippen LogP contribution in [0.3, 0.4) is 0 Å². The van der Waals surface area contributed by atoms with Crippen LogP contribution in [0.25, 0.3) is 0 Å². The van der Waals surface area contributed by atoms with E-state index in [9.17, 15) is 14.7 Å². The third kappa shape index (κ3) is 6.75. The average Bonchev–Trinajstić information content (AvgIpc) is 2.10. The number of rotatable bonds is 4. The van der Waals surface area contributed by atoms with Gasteiger partial charge in [0, 0.05) is 7.05 Å². The first-order valence-corrected chi connectivity index (χ1v) is 6.61. The number of ether oxygens (including phenoxy) is 2. The van der Waals surface area contributed by atoms with Crippen LogP contribution in [0.1, 0.15) is 48.5 Å². The zero-order valence-electron chi connectivity index (χ0n) is 13.7. The number of carbonyl (C=O) groups is 2. The van der Waals surface area contributed by atoms with Crippen molar-refractivity contribution in [3.63, 3.8) is 0 Å². The van der Waals surface area contributed by atoms with Gasteiger partial charge in [-0.2, -0.15) is 0 Å². The fraction of sp³-hybridized carbons (Fsp3) is 0.857. The quantitative estimate of drug-likeness (QED) is 0.860. The Kier molecular flexibility index (Phi) is 6.02. The fourth-order valence-corrected chi connectivity index (χ4v) is 1.75. The Morgan fingerprint density at radius 3 is 1.80 bits per heavy atom. The van der Waals surface area contributed by atoms with E-state index in [0.29, 0.717) is 0 Å². The van der Waals surface area contributed by atoms with Gasteiger partial charge in [-0.1, -0.05) is 0 Å². The molecule has 0 bridgehead atoms. The maximum Gasteiger partial charge on any atom is 0.410 e. The molecular formula is C14H27NO5. The van der Waals surface area contributed by atoms with E-state index in [-0.39, 0.29) is 0 Å². The number of nitrogens with zero attached hydrogens (tertiary/aromatic N) is 1. The average molecular weight is 289 g/mol. The molecule has 0 aromatic carbocycles. The van der Waals surface area contributed by atoms with Gasteiger partial charge in [-0.05, 0) is 48.5 Å². The minimum Gasteiger partial charge on any atom is -0.480 e. The highest BCUT2D eigenvalue weighted by molar-refractivity contribution is 5.80. The monoisotopic (exact) mass is 289 g/mol. The van der Waals surface area contributed by atoms with Crippen LogP contribution in [0, 0.1) is 0 Å². The maximum atomic E-state index is 12.0. The molecule has 20 heavy (non-hydrogen) atoms. The standard InChI is InChI=1S/C14H27NO5/c1-9(19-13(2,3)4)10(11(16)17)15(8)12(18)20-14(5,6)7/h9-10H,1-8H3,(H,16,17). The molecule has 0 aliphatic carbocycles. The Balaban J connectivity index is 5.00. The third-order valence-electron chi connectivity index (χ3n) is 2.34. The molecule has 0 aromatic heterocycles. The lowest BCUT2D eigenvalue weighted by molar-refractivity contribution is -0.153. The van der Waals surface area contributed by atoms with Gasteiger partial charge in [0.1, 0.15) is 5.60 Å². The van der Waals surface area contributed by atoms with E-state index in [0.717, 1.165) is 4.90 Å². The SMILES string of the molecule is CC(OC(C)(C)C)C(C(=O)O)N(C)C(=O)OC(C)(C)C. The minimum absolute atomic E-state index is 0.498. The van der Waals surface area contributed by atoms with E-state index < -0.39 is 35.4 Å². The largest absolute Gasteiger partial charge is 0.480 e. The van der Waals surface area contributed by atoms with E-state index in [4.69, 9.17) is 9.47 Å². The van der Waals surface area contributed by atoms with Crippen LogP contribution < -0.4 is 0 Å². The molecule has 0 aliphatic rings. The van der Waals surface area contributed by atoms with Gasteiger partial charge in [-0.3, -0.25) is 4.90 Å². The van der Waals surface area contributed by atoms with E-state index in [1.165, 1.54) is 7.05 Å². The van der Waals surface area contributed by atoms with Crippen molar-refractivity contribution in [3.05, 3.63) is 0 Å². The smallest absolute Gasteiger partial charge is 0.410 e. The molecule has 1 N–H and O–H groups in total. The van der Waals surface area contributed by atoms with Crippen molar-refractivity contribution in [1.82, 2.24) is 4.90 Å². The highest BCUT2D eigenvalue weighted by Crippen LogP contribution is 2.18. The predicted molar refractivity (Wildman–Crippen MR) is 75.7 cm³/mol. The molecule has 0 spiro atoms. The normalized spacial score (nSPS) is 15.4. The predicted octanol–water partition coefficient (Wildman–Crippen LogP) is 2.51. The molecule has 0 saturated carbocycles. The molecule has 1 amide bonds. The lowest BCUT2D eigenvalue weighted by Crippen LogP contribution is -2.52. The Morgan fingerprint density at radius 1 is 1.05 bits per heavy atom. The Bertz CT molecular complexity index is 354. The number of hydrogen-bond donors (Lipinski definition) is 1. The number of carboxylic acid groups (broad SMARTS) is 1. The molecule has 0 rings (SSSR count). The van der Waals surface area contributed by atoms with Crippen molar-refractivity contribution in [2.24, 2.45) is 0 Å². The molecule has 0 saturated heterocycles. The number of hydrogen-bond acceptors (Lipinski definition) is 4. The molecule has 6 heteroatoms. The first kappa shape index (κ1) is 18.7. The zero-order chi connectivity index (χ0) is 16.3. The van der Waals surface area contributed by atoms with Gasteiger partial charge in [-0.25, -0.2) is 9.59 Å². The second kappa shape index (κ2) is 6.43. The summed E-state index contributed by atoms with van der Waals surface area (Å²) in [5, 5.41) is 9.33. The Labute approximate surface area is 121 Å². The van der Waals surface area contributed by atoms with Crippen molar-refractivity contribution >= 4 is 12.1 Å². The highest BCUT2D eigenvalue weighted by atomic mass is 16.6. The lowest BCUT2D eigenvalue weighted by atomic mass is 10.1. The Hall–Kier alpha value is -1.30. The summed E-state index contributed by atoms with van der Waals surface area (Å²) < 4.78 is 10.8. The molecule has 0 fully saturated rings. The van der Waals surface area contributed by atoms with Gasteiger partial charge in [0.15, 0.2) is 6.04 Å². The number of likely N-dealkylation sites (N-methyl/N-ethyl adjacent to an activating group) is 1. The summed E-state index contributed by atoms with van der Waals surface area (Å²) in [6.07, 6.45) is -1.35. The molecule has 0 aliphatic heterocycles. The van der Waals surface area contributed by atoms with Gasteiger partial charge in [0.2, 0.25) is 0 Å². The van der Waals surface area contributed by atoms with E-state index in [1.54, 1.807) is 27.7 Å². The van der Waals surface area contributed by atoms with E-state index in [2.05, 4.69) is 0 Å². The number of aliphatic carboxylic acids is 1. The second-order valence-corrected chi connectivity index (χ2v) is 6.81. The van der Waals surface area contributed by atoms with Crippen molar-refractivity contribution in [1.29, 1.82) is 0 Å². The van der Waals surface area contributed by atoms with Crippen LogP contribution in [0.4, 0.5) is 4.79 Å². The van der Waals surface area contributed by atoms with Crippen LogP contribution in [-0.2, 0) is 14.3 Å². The van der Waals surface area contributed by atoms with Gasteiger partial charge in [0.25, 0.3) is 0 Å². The number of carboxylic acids is 1. The van der Waals surface area contributed by atoms with Gasteiger partial charge in [-0.15, -0.1) is 0 Å². The summed E-state index contributed by atoms with van der Waals surface area (Å²) in [5.41, 5.74) is -1.18. The summed E-state index contributed by atoms with van der Waals surface area (Å²) in [5.74, 6) is -1.13. The minimum atomic E-state index is -1.13. The van der Waals surface area contributed by atoms with Gasteiger partial charge >= 0.3 is 12.1 Å².